The van der Waals surface area contributed by atoms with Crippen LogP contribution in [0.15, 0.2) is 35.2 Å². The van der Waals surface area contributed by atoms with Gasteiger partial charge in [-0.3, -0.25) is 15.1 Å². The number of pyridine rings is 2. The van der Waals surface area contributed by atoms with Crippen molar-refractivity contribution in [2.75, 3.05) is 18.0 Å². The number of hydrogen-bond acceptors (Lipinski definition) is 6. The number of nitro groups is 1. The fourth-order valence-electron chi connectivity index (χ4n) is 2.68. The van der Waals surface area contributed by atoms with E-state index in [1.165, 1.54) is 12.4 Å². The Bertz CT molecular complexity index is 817. The summed E-state index contributed by atoms with van der Waals surface area (Å²) in [6, 6.07) is 2.07. The number of rotatable bonds is 4. The molecule has 7 nitrogen and oxygen atoms in total. The second-order valence-electron chi connectivity index (χ2n) is 5.60. The number of anilines is 1. The van der Waals surface area contributed by atoms with E-state index in [2.05, 4.69) is 25.9 Å². The Labute approximate surface area is 154 Å². The molecule has 11 heteroatoms. The monoisotopic (exact) mass is 432 g/mol. The Morgan fingerprint density at radius 2 is 2.08 bits per heavy atom. The summed E-state index contributed by atoms with van der Waals surface area (Å²) in [6.07, 6.45) is -0.901. The van der Waals surface area contributed by atoms with Crippen LogP contribution in [0.25, 0.3) is 0 Å². The van der Waals surface area contributed by atoms with Crippen molar-refractivity contribution in [3.8, 4) is 5.88 Å². The van der Waals surface area contributed by atoms with Crippen molar-refractivity contribution in [2.45, 2.75) is 18.7 Å². The van der Waals surface area contributed by atoms with Crippen molar-refractivity contribution in [3.05, 3.63) is 50.9 Å². The maximum absolute atomic E-state index is 12.6. The third-order valence-corrected chi connectivity index (χ3v) is 4.44. The van der Waals surface area contributed by atoms with E-state index in [1.807, 2.05) is 0 Å². The molecule has 0 N–H and O–H groups in total. The van der Waals surface area contributed by atoms with E-state index >= 15 is 0 Å². The van der Waals surface area contributed by atoms with Gasteiger partial charge in [0.2, 0.25) is 5.88 Å². The molecule has 3 heterocycles. The number of ether oxygens (including phenoxy) is 1. The van der Waals surface area contributed by atoms with Crippen molar-refractivity contribution < 1.29 is 22.8 Å². The van der Waals surface area contributed by atoms with Gasteiger partial charge in [0.1, 0.15) is 18.0 Å². The highest BCUT2D eigenvalue weighted by atomic mass is 79.9. The van der Waals surface area contributed by atoms with Crippen LogP contribution in [0, 0.1) is 10.1 Å². The molecule has 0 amide bonds. The molecule has 1 unspecified atom stereocenters. The Balaban J connectivity index is 1.71. The zero-order valence-electron chi connectivity index (χ0n) is 13.1. The minimum Gasteiger partial charge on any atom is -0.472 e. The summed E-state index contributed by atoms with van der Waals surface area (Å²) < 4.78 is 43.8. The first-order valence-corrected chi connectivity index (χ1v) is 8.27. The number of halogens is 4. The highest BCUT2D eigenvalue weighted by Crippen LogP contribution is 2.37. The van der Waals surface area contributed by atoms with Crippen LogP contribution in [0.1, 0.15) is 12.0 Å². The lowest BCUT2D eigenvalue weighted by Gasteiger charge is -2.19. The topological polar surface area (TPSA) is 81.4 Å². The molecule has 2 aromatic rings. The summed E-state index contributed by atoms with van der Waals surface area (Å²) in [6.45, 7) is 0.834. The van der Waals surface area contributed by atoms with Gasteiger partial charge in [-0.15, -0.1) is 0 Å². The van der Waals surface area contributed by atoms with Gasteiger partial charge in [-0.05, 0) is 22.0 Å². The first kappa shape index (κ1) is 18.4. The third-order valence-electron chi connectivity index (χ3n) is 3.86. The Morgan fingerprint density at radius 3 is 2.69 bits per heavy atom. The molecule has 138 valence electrons. The fourth-order valence-corrected chi connectivity index (χ4v) is 3.25. The van der Waals surface area contributed by atoms with Crippen LogP contribution in [0.4, 0.5) is 24.5 Å². The Morgan fingerprint density at radius 1 is 1.31 bits per heavy atom. The van der Waals surface area contributed by atoms with E-state index in [1.54, 1.807) is 4.90 Å². The zero-order chi connectivity index (χ0) is 18.9. The van der Waals surface area contributed by atoms with Gasteiger partial charge in [-0.2, -0.15) is 13.2 Å². The summed E-state index contributed by atoms with van der Waals surface area (Å²) in [5.41, 5.74) is -0.585. The standard InChI is InChI=1S/C15H12BrF3N4O3/c16-11-6-20-7-12(23(24)25)14(11)22-4-3-10(8-22)26-13-2-1-9(5-21-13)15(17,18)19/h1-2,5-7,10H,3-4,8H2. The van der Waals surface area contributed by atoms with Crippen LogP contribution in [-0.4, -0.2) is 34.1 Å². The number of nitrogens with zero attached hydrogens (tertiary/aromatic N) is 4. The summed E-state index contributed by atoms with van der Waals surface area (Å²) in [7, 11) is 0. The molecule has 1 aliphatic rings. The number of aromatic nitrogens is 2. The molecule has 0 aromatic carbocycles. The molecule has 1 fully saturated rings. The Kier molecular flexibility index (Phi) is 4.99. The first-order valence-electron chi connectivity index (χ1n) is 7.48. The van der Waals surface area contributed by atoms with E-state index in [-0.39, 0.29) is 17.7 Å². The largest absolute Gasteiger partial charge is 0.472 e. The maximum Gasteiger partial charge on any atom is 0.417 e. The summed E-state index contributed by atoms with van der Waals surface area (Å²) in [4.78, 5) is 19.9. The predicted molar refractivity (Wildman–Crippen MR) is 89.1 cm³/mol. The summed E-state index contributed by atoms with van der Waals surface area (Å²) >= 11 is 3.27. The van der Waals surface area contributed by atoms with Crippen molar-refractivity contribution in [2.24, 2.45) is 0 Å². The van der Waals surface area contributed by atoms with Gasteiger partial charge in [0, 0.05) is 31.4 Å². The maximum atomic E-state index is 12.6. The van der Waals surface area contributed by atoms with Gasteiger partial charge in [0.25, 0.3) is 0 Å². The molecule has 0 saturated carbocycles. The van der Waals surface area contributed by atoms with Crippen molar-refractivity contribution in [1.82, 2.24) is 9.97 Å². The van der Waals surface area contributed by atoms with Crippen LogP contribution < -0.4 is 9.64 Å². The minimum atomic E-state index is -4.46. The third kappa shape index (κ3) is 3.87. The number of alkyl halides is 3. The van der Waals surface area contributed by atoms with E-state index in [0.717, 1.165) is 12.1 Å². The fraction of sp³-hybridized carbons (Fsp3) is 0.333. The SMILES string of the molecule is O=[N+]([O-])c1cncc(Br)c1N1CCC(Oc2ccc(C(F)(F)F)cn2)C1. The molecular formula is C15H12BrF3N4O3. The predicted octanol–water partition coefficient (Wildman–Crippen LogP) is 3.82. The lowest BCUT2D eigenvalue weighted by molar-refractivity contribution is -0.384. The van der Waals surface area contributed by atoms with Crippen molar-refractivity contribution in [1.29, 1.82) is 0 Å². The van der Waals surface area contributed by atoms with Gasteiger partial charge in [-0.25, -0.2) is 4.98 Å². The van der Waals surface area contributed by atoms with Gasteiger partial charge >= 0.3 is 11.9 Å². The molecular weight excluding hydrogens is 421 g/mol. The number of hydrogen-bond donors (Lipinski definition) is 0. The molecule has 0 spiro atoms. The first-order chi connectivity index (χ1) is 12.3. The molecule has 0 bridgehead atoms. The second kappa shape index (κ2) is 7.06. The van der Waals surface area contributed by atoms with Crippen LogP contribution in [-0.2, 0) is 6.18 Å². The Hall–Kier alpha value is -2.43. The van der Waals surface area contributed by atoms with Gasteiger partial charge in [0.05, 0.1) is 21.5 Å². The molecule has 2 aromatic heterocycles. The molecule has 1 atom stereocenters. The second-order valence-corrected chi connectivity index (χ2v) is 6.46. The van der Waals surface area contributed by atoms with Crippen LogP contribution in [0.5, 0.6) is 5.88 Å². The molecule has 26 heavy (non-hydrogen) atoms. The summed E-state index contributed by atoms with van der Waals surface area (Å²) in [5, 5.41) is 11.2. The lowest BCUT2D eigenvalue weighted by Crippen LogP contribution is -2.25. The molecule has 1 saturated heterocycles. The van der Waals surface area contributed by atoms with Gasteiger partial charge in [0.15, 0.2) is 0 Å². The van der Waals surface area contributed by atoms with Gasteiger partial charge in [-0.1, -0.05) is 0 Å². The summed E-state index contributed by atoms with van der Waals surface area (Å²) in [5.74, 6) is 0.0770. The highest BCUT2D eigenvalue weighted by molar-refractivity contribution is 9.10. The normalized spacial score (nSPS) is 17.4. The van der Waals surface area contributed by atoms with Crippen molar-refractivity contribution in [3.63, 3.8) is 0 Å². The minimum absolute atomic E-state index is 0.0770. The molecule has 1 aliphatic heterocycles. The van der Waals surface area contributed by atoms with E-state index < -0.39 is 16.7 Å². The molecule has 0 aliphatic carbocycles. The smallest absolute Gasteiger partial charge is 0.417 e. The average Bonchev–Trinajstić information content (AvgIpc) is 3.02. The quantitative estimate of drug-likeness (QED) is 0.539. The average molecular weight is 433 g/mol. The molecule has 0 radical (unpaired) electrons. The van der Waals surface area contributed by atoms with E-state index in [9.17, 15) is 23.3 Å². The lowest BCUT2D eigenvalue weighted by atomic mass is 10.3. The van der Waals surface area contributed by atoms with Crippen LogP contribution in [0.3, 0.4) is 0 Å². The van der Waals surface area contributed by atoms with Gasteiger partial charge < -0.3 is 9.64 Å². The van der Waals surface area contributed by atoms with Crippen LogP contribution >= 0.6 is 15.9 Å². The van der Waals surface area contributed by atoms with E-state index in [4.69, 9.17) is 4.74 Å². The zero-order valence-corrected chi connectivity index (χ0v) is 14.7. The highest BCUT2D eigenvalue weighted by Gasteiger charge is 2.32. The molecule has 3 rings (SSSR count). The van der Waals surface area contributed by atoms with Crippen LogP contribution in [0.2, 0.25) is 0 Å². The van der Waals surface area contributed by atoms with E-state index in [0.29, 0.717) is 35.9 Å². The van der Waals surface area contributed by atoms with Crippen molar-refractivity contribution >= 4 is 27.3 Å².